The number of carboxylic acid groups (broad SMARTS) is 1. The van der Waals surface area contributed by atoms with Gasteiger partial charge in [0.1, 0.15) is 11.4 Å². The van der Waals surface area contributed by atoms with Crippen LogP contribution < -0.4 is 14.2 Å². The van der Waals surface area contributed by atoms with Crippen LogP contribution in [0.1, 0.15) is 5.56 Å². The fourth-order valence-electron chi connectivity index (χ4n) is 2.58. The zero-order chi connectivity index (χ0) is 20.3. The summed E-state index contributed by atoms with van der Waals surface area (Å²) in [6.45, 7) is 1.68. The highest BCUT2D eigenvalue weighted by atomic mass is 32.2. The molecule has 28 heavy (non-hydrogen) atoms. The van der Waals surface area contributed by atoms with Gasteiger partial charge >= 0.3 is 6.16 Å². The van der Waals surface area contributed by atoms with E-state index in [1.807, 2.05) is 0 Å². The van der Waals surface area contributed by atoms with E-state index >= 15 is 0 Å². The van der Waals surface area contributed by atoms with Crippen LogP contribution in [0.2, 0.25) is 0 Å². The average Bonchev–Trinajstić information content (AvgIpc) is 3.03. The Morgan fingerprint density at radius 3 is 2.54 bits per heavy atom. The molecule has 0 saturated heterocycles. The van der Waals surface area contributed by atoms with Crippen LogP contribution in [-0.2, 0) is 10.0 Å². The lowest BCUT2D eigenvalue weighted by atomic mass is 10.2. The normalized spacial score (nSPS) is 11.1. The van der Waals surface area contributed by atoms with E-state index in [4.69, 9.17) is 14.6 Å². The smallest absolute Gasteiger partial charge is 0.497 e. The first-order valence-electron chi connectivity index (χ1n) is 8.07. The summed E-state index contributed by atoms with van der Waals surface area (Å²) >= 11 is 1.01. The molecule has 0 aliphatic heterocycles. The summed E-state index contributed by atoms with van der Waals surface area (Å²) in [5.41, 5.74) is 1.35. The summed E-state index contributed by atoms with van der Waals surface area (Å²) in [5, 5.41) is 8.93. The van der Waals surface area contributed by atoms with E-state index in [1.54, 1.807) is 49.4 Å². The van der Waals surface area contributed by atoms with Gasteiger partial charge in [-0.25, -0.2) is 13.2 Å². The number of sulfonamides is 1. The highest BCUT2D eigenvalue weighted by Gasteiger charge is 2.22. The molecule has 0 bridgehead atoms. The van der Waals surface area contributed by atoms with Gasteiger partial charge in [0, 0.05) is 4.88 Å². The van der Waals surface area contributed by atoms with E-state index in [1.165, 1.54) is 19.2 Å². The van der Waals surface area contributed by atoms with Gasteiger partial charge in [-0.1, -0.05) is 41.7 Å². The number of aryl methyl sites for hydroxylation is 1. The highest BCUT2D eigenvalue weighted by Crippen LogP contribution is 2.42. The Morgan fingerprint density at radius 1 is 1.11 bits per heavy atom. The van der Waals surface area contributed by atoms with Crippen molar-refractivity contribution in [2.45, 2.75) is 11.8 Å². The lowest BCUT2D eigenvalue weighted by Crippen LogP contribution is -2.15. The molecule has 0 atom stereocenters. The Balaban J connectivity index is 2.03. The number of nitrogens with one attached hydrogen (secondary N) is 1. The SMILES string of the molecule is COc1cccc(-c2cc(NS(=O)(=O)c3ccccc3C)c(OC(=O)O)s2)c1. The summed E-state index contributed by atoms with van der Waals surface area (Å²) in [5.74, 6) is 0.619. The van der Waals surface area contributed by atoms with Crippen molar-refractivity contribution in [2.75, 3.05) is 11.8 Å². The van der Waals surface area contributed by atoms with Crippen molar-refractivity contribution in [1.29, 1.82) is 0 Å². The van der Waals surface area contributed by atoms with Crippen molar-refractivity contribution >= 4 is 33.2 Å². The average molecular weight is 419 g/mol. The van der Waals surface area contributed by atoms with Gasteiger partial charge in [-0.15, -0.1) is 0 Å². The molecule has 2 N–H and O–H groups in total. The van der Waals surface area contributed by atoms with Gasteiger partial charge in [-0.05, 0) is 42.3 Å². The molecule has 0 fully saturated rings. The topological polar surface area (TPSA) is 102 Å². The van der Waals surface area contributed by atoms with E-state index in [9.17, 15) is 13.2 Å². The Bertz CT molecular complexity index is 1120. The molecular weight excluding hydrogens is 402 g/mol. The Morgan fingerprint density at radius 2 is 1.86 bits per heavy atom. The number of rotatable bonds is 6. The number of carbonyl (C=O) groups is 1. The van der Waals surface area contributed by atoms with Gasteiger partial charge in [0.15, 0.2) is 0 Å². The number of hydrogen-bond acceptors (Lipinski definition) is 6. The fourth-order valence-corrected chi connectivity index (χ4v) is 4.90. The van der Waals surface area contributed by atoms with Gasteiger partial charge < -0.3 is 14.6 Å². The van der Waals surface area contributed by atoms with Crippen molar-refractivity contribution in [1.82, 2.24) is 0 Å². The lowest BCUT2D eigenvalue weighted by Gasteiger charge is -2.10. The minimum absolute atomic E-state index is 0.0495. The van der Waals surface area contributed by atoms with Crippen LogP contribution >= 0.6 is 11.3 Å². The molecule has 1 heterocycles. The molecule has 146 valence electrons. The first-order chi connectivity index (χ1) is 13.3. The first-order valence-corrected chi connectivity index (χ1v) is 10.4. The molecule has 0 spiro atoms. The highest BCUT2D eigenvalue weighted by molar-refractivity contribution is 7.92. The maximum atomic E-state index is 12.8. The molecule has 0 unspecified atom stereocenters. The third kappa shape index (κ3) is 4.26. The minimum atomic E-state index is -3.92. The molecule has 3 aromatic rings. The summed E-state index contributed by atoms with van der Waals surface area (Å²) in [7, 11) is -2.39. The number of benzene rings is 2. The van der Waals surface area contributed by atoms with Gasteiger partial charge in [0.25, 0.3) is 10.0 Å². The van der Waals surface area contributed by atoms with Crippen molar-refractivity contribution < 1.29 is 27.8 Å². The van der Waals surface area contributed by atoms with Crippen LogP contribution in [0.4, 0.5) is 10.5 Å². The predicted octanol–water partition coefficient (Wildman–Crippen LogP) is 4.59. The van der Waals surface area contributed by atoms with E-state index < -0.39 is 16.2 Å². The molecule has 0 radical (unpaired) electrons. The van der Waals surface area contributed by atoms with Crippen molar-refractivity contribution in [3.05, 3.63) is 60.2 Å². The summed E-state index contributed by atoms with van der Waals surface area (Å²) in [6.07, 6.45) is -1.53. The van der Waals surface area contributed by atoms with Crippen molar-refractivity contribution in [3.8, 4) is 21.3 Å². The maximum Gasteiger partial charge on any atom is 0.512 e. The molecular formula is C19H17NO6S2. The zero-order valence-electron chi connectivity index (χ0n) is 15.0. The quantitative estimate of drug-likeness (QED) is 0.567. The molecule has 0 aliphatic carbocycles. The molecule has 9 heteroatoms. The number of methoxy groups -OCH3 is 1. The molecule has 0 saturated carbocycles. The van der Waals surface area contributed by atoms with Crippen LogP contribution in [-0.4, -0.2) is 26.8 Å². The standard InChI is InChI=1S/C19H17NO6S2/c1-12-6-3-4-9-17(12)28(23,24)20-15-11-16(27-18(15)26-19(21)22)13-7-5-8-14(10-13)25-2/h3-11,20H,1-2H3,(H,21,22). The van der Waals surface area contributed by atoms with E-state index in [0.717, 1.165) is 16.9 Å². The molecule has 0 aliphatic rings. The summed E-state index contributed by atoms with van der Waals surface area (Å²) < 4.78 is 38.0. The van der Waals surface area contributed by atoms with Crippen LogP contribution in [0.25, 0.3) is 10.4 Å². The molecule has 0 amide bonds. The number of hydrogen-bond donors (Lipinski definition) is 2. The van der Waals surface area contributed by atoms with Crippen LogP contribution in [0, 0.1) is 6.92 Å². The van der Waals surface area contributed by atoms with Gasteiger partial charge in [0.05, 0.1) is 12.0 Å². The van der Waals surface area contributed by atoms with Crippen LogP contribution in [0.5, 0.6) is 10.8 Å². The van der Waals surface area contributed by atoms with E-state index in [2.05, 4.69) is 4.72 Å². The molecule has 7 nitrogen and oxygen atoms in total. The number of ether oxygens (including phenoxy) is 2. The van der Waals surface area contributed by atoms with Crippen LogP contribution in [0.15, 0.2) is 59.5 Å². The third-order valence-electron chi connectivity index (χ3n) is 3.86. The second-order valence-electron chi connectivity index (χ2n) is 5.78. The maximum absolute atomic E-state index is 12.8. The van der Waals surface area contributed by atoms with E-state index in [0.29, 0.717) is 16.2 Å². The summed E-state index contributed by atoms with van der Waals surface area (Å²) in [4.78, 5) is 11.8. The number of anilines is 1. The molecule has 3 rings (SSSR count). The lowest BCUT2D eigenvalue weighted by molar-refractivity contribution is 0.146. The third-order valence-corrected chi connectivity index (χ3v) is 6.45. The second kappa shape index (κ2) is 7.91. The van der Waals surface area contributed by atoms with Gasteiger partial charge in [-0.3, -0.25) is 4.72 Å². The second-order valence-corrected chi connectivity index (χ2v) is 8.45. The molecule has 2 aromatic carbocycles. The Kier molecular flexibility index (Phi) is 5.57. The fraction of sp³-hybridized carbons (Fsp3) is 0.105. The predicted molar refractivity (Wildman–Crippen MR) is 107 cm³/mol. The minimum Gasteiger partial charge on any atom is -0.497 e. The van der Waals surface area contributed by atoms with Crippen molar-refractivity contribution in [2.24, 2.45) is 0 Å². The van der Waals surface area contributed by atoms with Crippen LogP contribution in [0.3, 0.4) is 0 Å². The van der Waals surface area contributed by atoms with Crippen molar-refractivity contribution in [3.63, 3.8) is 0 Å². The summed E-state index contributed by atoms with van der Waals surface area (Å²) in [6, 6.07) is 15.2. The van der Waals surface area contributed by atoms with Gasteiger partial charge in [-0.2, -0.15) is 0 Å². The largest absolute Gasteiger partial charge is 0.512 e. The first kappa shape index (κ1) is 19.7. The Labute approximate surface area is 166 Å². The monoisotopic (exact) mass is 419 g/mol. The zero-order valence-corrected chi connectivity index (χ0v) is 16.6. The van der Waals surface area contributed by atoms with E-state index in [-0.39, 0.29) is 15.6 Å². The van der Waals surface area contributed by atoms with Gasteiger partial charge in [0.2, 0.25) is 5.06 Å². The number of thiophene rings is 1. The molecule has 1 aromatic heterocycles. The Hall–Kier alpha value is -3.04.